The number of hydrogen-bond acceptors (Lipinski definition) is 4. The standard InChI is InChI=1S/C16H17BrO4/c1-8-9(2)21-10(3)14(8)16(18)15-12(17)6-11(19-4)7-13(15)20-5/h6-7H,1-5H3. The maximum atomic E-state index is 12.9. The van der Waals surface area contributed by atoms with E-state index in [4.69, 9.17) is 13.9 Å². The number of rotatable bonds is 4. The molecule has 0 aliphatic heterocycles. The first-order chi connectivity index (χ1) is 9.90. The lowest BCUT2D eigenvalue weighted by Crippen LogP contribution is -2.07. The second kappa shape index (κ2) is 5.93. The number of methoxy groups -OCH3 is 2. The van der Waals surface area contributed by atoms with Crippen molar-refractivity contribution in [3.05, 3.63) is 44.8 Å². The molecule has 0 saturated carbocycles. The van der Waals surface area contributed by atoms with Crippen LogP contribution in [-0.4, -0.2) is 20.0 Å². The van der Waals surface area contributed by atoms with Crippen molar-refractivity contribution < 1.29 is 18.7 Å². The lowest BCUT2D eigenvalue weighted by atomic mass is 9.99. The lowest BCUT2D eigenvalue weighted by molar-refractivity contribution is 0.103. The predicted octanol–water partition coefficient (Wildman–Crippen LogP) is 4.22. The highest BCUT2D eigenvalue weighted by molar-refractivity contribution is 9.10. The fourth-order valence-corrected chi connectivity index (χ4v) is 2.91. The number of ketones is 1. The smallest absolute Gasteiger partial charge is 0.201 e. The van der Waals surface area contributed by atoms with E-state index in [2.05, 4.69) is 15.9 Å². The molecule has 0 saturated heterocycles. The van der Waals surface area contributed by atoms with Crippen LogP contribution in [0.15, 0.2) is 21.0 Å². The van der Waals surface area contributed by atoms with Gasteiger partial charge in [-0.25, -0.2) is 0 Å². The van der Waals surface area contributed by atoms with Gasteiger partial charge in [0.1, 0.15) is 23.0 Å². The number of aryl methyl sites for hydroxylation is 2. The summed E-state index contributed by atoms with van der Waals surface area (Å²) in [6.07, 6.45) is 0. The summed E-state index contributed by atoms with van der Waals surface area (Å²) in [5, 5.41) is 0. The van der Waals surface area contributed by atoms with Crippen molar-refractivity contribution in [2.45, 2.75) is 20.8 Å². The molecule has 0 bridgehead atoms. The molecular weight excluding hydrogens is 336 g/mol. The molecule has 5 heteroatoms. The quantitative estimate of drug-likeness (QED) is 0.773. The van der Waals surface area contributed by atoms with Crippen LogP contribution in [0.1, 0.15) is 33.0 Å². The summed E-state index contributed by atoms with van der Waals surface area (Å²) in [7, 11) is 3.09. The monoisotopic (exact) mass is 352 g/mol. The van der Waals surface area contributed by atoms with E-state index < -0.39 is 0 Å². The number of carbonyl (C=O) groups is 1. The summed E-state index contributed by atoms with van der Waals surface area (Å²) < 4.78 is 16.7. The lowest BCUT2D eigenvalue weighted by Gasteiger charge is -2.12. The molecule has 4 nitrogen and oxygen atoms in total. The Morgan fingerprint density at radius 3 is 2.19 bits per heavy atom. The van der Waals surface area contributed by atoms with E-state index in [-0.39, 0.29) is 5.78 Å². The zero-order chi connectivity index (χ0) is 15.7. The van der Waals surface area contributed by atoms with Crippen molar-refractivity contribution in [3.63, 3.8) is 0 Å². The number of furan rings is 1. The van der Waals surface area contributed by atoms with Gasteiger partial charge < -0.3 is 13.9 Å². The van der Waals surface area contributed by atoms with Gasteiger partial charge in [0.05, 0.1) is 25.3 Å². The summed E-state index contributed by atoms with van der Waals surface area (Å²) in [5.74, 6) is 2.31. The van der Waals surface area contributed by atoms with Crippen molar-refractivity contribution in [2.75, 3.05) is 14.2 Å². The molecule has 2 rings (SSSR count). The maximum absolute atomic E-state index is 12.9. The zero-order valence-electron chi connectivity index (χ0n) is 12.7. The van der Waals surface area contributed by atoms with Crippen LogP contribution in [0.5, 0.6) is 11.5 Å². The van der Waals surface area contributed by atoms with E-state index in [1.165, 1.54) is 7.11 Å². The van der Waals surface area contributed by atoms with Crippen molar-refractivity contribution >= 4 is 21.7 Å². The van der Waals surface area contributed by atoms with Gasteiger partial charge >= 0.3 is 0 Å². The van der Waals surface area contributed by atoms with Gasteiger partial charge in [0.25, 0.3) is 0 Å². The first-order valence-electron chi connectivity index (χ1n) is 6.43. The molecule has 0 fully saturated rings. The maximum Gasteiger partial charge on any atom is 0.201 e. The van der Waals surface area contributed by atoms with Gasteiger partial charge in [-0.05, 0) is 42.8 Å². The molecular formula is C16H17BrO4. The van der Waals surface area contributed by atoms with Crippen LogP contribution < -0.4 is 9.47 Å². The normalized spacial score (nSPS) is 10.6. The third kappa shape index (κ3) is 2.70. The van der Waals surface area contributed by atoms with Crippen molar-refractivity contribution in [3.8, 4) is 11.5 Å². The molecule has 0 radical (unpaired) electrons. The molecule has 1 heterocycles. The molecule has 0 spiro atoms. The molecule has 21 heavy (non-hydrogen) atoms. The Kier molecular flexibility index (Phi) is 4.42. The summed E-state index contributed by atoms with van der Waals surface area (Å²) in [4.78, 5) is 12.9. The van der Waals surface area contributed by atoms with Gasteiger partial charge in [0.2, 0.25) is 5.78 Å². The van der Waals surface area contributed by atoms with Crippen LogP contribution in [0.25, 0.3) is 0 Å². The van der Waals surface area contributed by atoms with Gasteiger partial charge in [-0.3, -0.25) is 4.79 Å². The minimum Gasteiger partial charge on any atom is -0.497 e. The molecule has 1 aromatic carbocycles. The molecule has 0 N–H and O–H groups in total. The highest BCUT2D eigenvalue weighted by Gasteiger charge is 2.25. The van der Waals surface area contributed by atoms with Crippen LogP contribution in [0.2, 0.25) is 0 Å². The second-order valence-corrected chi connectivity index (χ2v) is 5.58. The predicted molar refractivity (Wildman–Crippen MR) is 83.6 cm³/mol. The SMILES string of the molecule is COc1cc(Br)c(C(=O)c2c(C)oc(C)c2C)c(OC)c1. The molecule has 2 aromatic rings. The average molecular weight is 353 g/mol. The Morgan fingerprint density at radius 2 is 1.71 bits per heavy atom. The van der Waals surface area contributed by atoms with E-state index >= 15 is 0 Å². The van der Waals surface area contributed by atoms with Gasteiger partial charge in [0, 0.05) is 16.1 Å². The third-order valence-corrected chi connectivity index (χ3v) is 4.12. The fourth-order valence-electron chi connectivity index (χ4n) is 2.31. The first kappa shape index (κ1) is 15.6. The molecule has 112 valence electrons. The largest absolute Gasteiger partial charge is 0.497 e. The third-order valence-electron chi connectivity index (χ3n) is 3.50. The number of carbonyl (C=O) groups excluding carboxylic acids is 1. The van der Waals surface area contributed by atoms with Crippen molar-refractivity contribution in [1.29, 1.82) is 0 Å². The summed E-state index contributed by atoms with van der Waals surface area (Å²) in [6.45, 7) is 5.51. The summed E-state index contributed by atoms with van der Waals surface area (Å²) in [5.41, 5.74) is 1.89. The zero-order valence-corrected chi connectivity index (χ0v) is 14.3. The highest BCUT2D eigenvalue weighted by atomic mass is 79.9. The topological polar surface area (TPSA) is 48.7 Å². The first-order valence-corrected chi connectivity index (χ1v) is 7.22. The Hall–Kier alpha value is -1.75. The molecule has 0 unspecified atom stereocenters. The fraction of sp³-hybridized carbons (Fsp3) is 0.312. The number of halogens is 1. The van der Waals surface area contributed by atoms with E-state index in [0.717, 1.165) is 11.3 Å². The number of hydrogen-bond donors (Lipinski definition) is 0. The molecule has 0 atom stereocenters. The Balaban J connectivity index is 2.63. The van der Waals surface area contributed by atoms with Gasteiger partial charge in [-0.2, -0.15) is 0 Å². The average Bonchev–Trinajstić information content (AvgIpc) is 2.70. The molecule has 0 aliphatic carbocycles. The Labute approximate surface area is 132 Å². The second-order valence-electron chi connectivity index (χ2n) is 4.73. The van der Waals surface area contributed by atoms with E-state index in [1.807, 2.05) is 13.8 Å². The van der Waals surface area contributed by atoms with Gasteiger partial charge in [0.15, 0.2) is 0 Å². The number of ether oxygens (including phenoxy) is 2. The number of benzene rings is 1. The minimum atomic E-state index is -0.131. The van der Waals surface area contributed by atoms with E-state index in [1.54, 1.807) is 26.2 Å². The van der Waals surface area contributed by atoms with E-state index in [9.17, 15) is 4.79 Å². The molecule has 1 aromatic heterocycles. The highest BCUT2D eigenvalue weighted by Crippen LogP contribution is 2.35. The molecule has 0 aliphatic rings. The van der Waals surface area contributed by atoms with Gasteiger partial charge in [-0.15, -0.1) is 0 Å². The summed E-state index contributed by atoms with van der Waals surface area (Å²) >= 11 is 3.42. The summed E-state index contributed by atoms with van der Waals surface area (Å²) in [6, 6.07) is 3.43. The van der Waals surface area contributed by atoms with Gasteiger partial charge in [-0.1, -0.05) is 0 Å². The molecule has 0 amide bonds. The van der Waals surface area contributed by atoms with Crippen LogP contribution in [-0.2, 0) is 0 Å². The van der Waals surface area contributed by atoms with Crippen molar-refractivity contribution in [1.82, 2.24) is 0 Å². The van der Waals surface area contributed by atoms with E-state index in [0.29, 0.717) is 32.9 Å². The van der Waals surface area contributed by atoms with Crippen LogP contribution >= 0.6 is 15.9 Å². The Morgan fingerprint density at radius 1 is 1.05 bits per heavy atom. The van der Waals surface area contributed by atoms with Crippen LogP contribution in [0.3, 0.4) is 0 Å². The Bertz CT molecular complexity index is 701. The van der Waals surface area contributed by atoms with Crippen LogP contribution in [0, 0.1) is 20.8 Å². The van der Waals surface area contributed by atoms with Crippen molar-refractivity contribution in [2.24, 2.45) is 0 Å². The van der Waals surface area contributed by atoms with Crippen LogP contribution in [0.4, 0.5) is 0 Å². The minimum absolute atomic E-state index is 0.131.